The predicted octanol–water partition coefficient (Wildman–Crippen LogP) is 7.83. The molecule has 2 N–H and O–H groups in total. The smallest absolute Gasteiger partial charge is 0.306 e. The van der Waals surface area contributed by atoms with Gasteiger partial charge in [-0.05, 0) is 117 Å². The van der Waals surface area contributed by atoms with Crippen molar-refractivity contribution in [3.8, 4) is 0 Å². The third kappa shape index (κ3) is 5.61. The largest absolute Gasteiger partial charge is 0.481 e. The summed E-state index contributed by atoms with van der Waals surface area (Å²) in [4.78, 5) is 47.3. The molecule has 5 rings (SSSR count). The Morgan fingerprint density at radius 1 is 0.717 bits per heavy atom. The summed E-state index contributed by atoms with van der Waals surface area (Å²) in [6.07, 6.45) is 9.79. The van der Waals surface area contributed by atoms with Gasteiger partial charge in [0.15, 0.2) is 0 Å². The molecule has 0 aromatic heterocycles. The fourth-order valence-electron chi connectivity index (χ4n) is 12.7. The molecule has 258 valence electrons. The number of hydrogen-bond donors (Lipinski definition) is 2. The topological polar surface area (TPSA) is 127 Å². The lowest BCUT2D eigenvalue weighted by Gasteiger charge is -2.73. The first-order valence-electron chi connectivity index (χ1n) is 17.9. The number of fused-ring (bicyclic) bond motifs is 7. The van der Waals surface area contributed by atoms with Gasteiger partial charge in [-0.25, -0.2) is 0 Å². The second kappa shape index (κ2) is 12.3. The molecule has 0 aromatic carbocycles. The van der Waals surface area contributed by atoms with Crippen molar-refractivity contribution in [2.45, 2.75) is 138 Å². The van der Waals surface area contributed by atoms with E-state index in [2.05, 4.69) is 48.1 Å². The molecule has 5 aliphatic carbocycles. The molecule has 5 saturated carbocycles. The standard InChI is InChI=1S/C38H58O8/c1-23(2)24-14-19-38(22-45-31(43)12-10-29(39)40)21-20-36(6)25(33(24)38)8-9-27-35(5)17-16-28(46-32(44)13-11-30(41)42)34(3,4)26(35)15-18-37(27,36)7/h24-28,33H,1,8-22H2,2-7H3,(H,39,40)(H,41,42)/t24-,25+,26+,27-,28+,33+,35-,36-,37+,38-/m1/s1. The zero-order chi connectivity index (χ0) is 33.9. The van der Waals surface area contributed by atoms with E-state index < -0.39 is 23.9 Å². The van der Waals surface area contributed by atoms with Crippen LogP contribution < -0.4 is 0 Å². The lowest BCUT2D eigenvalue weighted by molar-refractivity contribution is -0.252. The van der Waals surface area contributed by atoms with E-state index in [0.29, 0.717) is 36.2 Å². The van der Waals surface area contributed by atoms with Crippen LogP contribution in [0.1, 0.15) is 131 Å². The molecule has 5 aliphatic rings. The molecule has 0 unspecified atom stereocenters. The first-order chi connectivity index (χ1) is 21.4. The van der Waals surface area contributed by atoms with E-state index in [4.69, 9.17) is 19.7 Å². The number of carboxylic acids is 2. The molecule has 5 fully saturated rings. The first-order valence-corrected chi connectivity index (χ1v) is 17.9. The number of aliphatic carboxylic acids is 2. The SMILES string of the molecule is C=C(C)[C@H]1CC[C@]2(COC(=O)CCC(=O)O)CC[C@]3(C)[C@@H](CC[C@@H]4[C@]5(C)CC[C@H](OC(=O)CCC(=O)O)C(C)(C)[C@@H]5CC[C@@]43C)[C@H]12. The minimum atomic E-state index is -0.980. The summed E-state index contributed by atoms with van der Waals surface area (Å²) < 4.78 is 11.9. The Hall–Kier alpha value is -2.38. The Labute approximate surface area is 275 Å². The van der Waals surface area contributed by atoms with Gasteiger partial charge in [0.25, 0.3) is 0 Å². The van der Waals surface area contributed by atoms with Crippen LogP contribution in [0.2, 0.25) is 0 Å². The van der Waals surface area contributed by atoms with Crippen molar-refractivity contribution >= 4 is 23.9 Å². The minimum Gasteiger partial charge on any atom is -0.481 e. The van der Waals surface area contributed by atoms with Crippen molar-refractivity contribution in [2.75, 3.05) is 6.61 Å². The zero-order valence-electron chi connectivity index (χ0n) is 29.1. The summed E-state index contributed by atoms with van der Waals surface area (Å²) in [5.74, 6) is -0.505. The van der Waals surface area contributed by atoms with Crippen molar-refractivity contribution < 1.29 is 38.9 Å². The van der Waals surface area contributed by atoms with Crippen LogP contribution in [0.3, 0.4) is 0 Å². The van der Waals surface area contributed by atoms with Crippen LogP contribution in [0.25, 0.3) is 0 Å². The van der Waals surface area contributed by atoms with Crippen molar-refractivity contribution in [2.24, 2.45) is 56.7 Å². The molecule has 0 aliphatic heterocycles. The van der Waals surface area contributed by atoms with Gasteiger partial charge in [-0.1, -0.05) is 46.8 Å². The number of carbonyl (C=O) groups is 4. The van der Waals surface area contributed by atoms with Crippen LogP contribution in [0.5, 0.6) is 0 Å². The van der Waals surface area contributed by atoms with E-state index in [0.717, 1.165) is 64.2 Å². The summed E-state index contributed by atoms with van der Waals surface area (Å²) >= 11 is 0. The summed E-state index contributed by atoms with van der Waals surface area (Å²) in [6, 6.07) is 0. The van der Waals surface area contributed by atoms with Gasteiger partial charge in [0.2, 0.25) is 0 Å². The van der Waals surface area contributed by atoms with E-state index in [-0.39, 0.29) is 58.9 Å². The molecule has 8 nitrogen and oxygen atoms in total. The van der Waals surface area contributed by atoms with Crippen LogP contribution in [0.4, 0.5) is 0 Å². The number of hydrogen-bond acceptors (Lipinski definition) is 6. The fourth-order valence-corrected chi connectivity index (χ4v) is 12.7. The Bertz CT molecular complexity index is 1250. The summed E-state index contributed by atoms with van der Waals surface area (Å²) in [5, 5.41) is 18.1. The lowest BCUT2D eigenvalue weighted by Crippen LogP contribution is -2.67. The van der Waals surface area contributed by atoms with Crippen LogP contribution in [0.15, 0.2) is 12.2 Å². The van der Waals surface area contributed by atoms with E-state index in [9.17, 15) is 19.2 Å². The monoisotopic (exact) mass is 642 g/mol. The van der Waals surface area contributed by atoms with Gasteiger partial charge in [-0.15, -0.1) is 0 Å². The normalized spacial score (nSPS) is 42.4. The van der Waals surface area contributed by atoms with E-state index in [1.54, 1.807) is 0 Å². The lowest BCUT2D eigenvalue weighted by atomic mass is 9.32. The molecule has 0 radical (unpaired) electrons. The Balaban J connectivity index is 1.38. The number of allylic oxidation sites excluding steroid dienone is 1. The van der Waals surface area contributed by atoms with Gasteiger partial charge in [0.05, 0.1) is 32.3 Å². The molecule has 46 heavy (non-hydrogen) atoms. The molecule has 0 heterocycles. The van der Waals surface area contributed by atoms with Gasteiger partial charge in [0, 0.05) is 10.8 Å². The second-order valence-electron chi connectivity index (χ2n) is 17.3. The van der Waals surface area contributed by atoms with Crippen molar-refractivity contribution in [3.05, 3.63) is 12.2 Å². The summed E-state index contributed by atoms with van der Waals surface area (Å²) in [7, 11) is 0. The number of ether oxygens (including phenoxy) is 2. The highest BCUT2D eigenvalue weighted by atomic mass is 16.5. The average molecular weight is 643 g/mol. The molecular weight excluding hydrogens is 584 g/mol. The van der Waals surface area contributed by atoms with Crippen LogP contribution in [-0.2, 0) is 28.7 Å². The van der Waals surface area contributed by atoms with Gasteiger partial charge >= 0.3 is 23.9 Å². The Morgan fingerprint density at radius 3 is 2.00 bits per heavy atom. The Kier molecular flexibility index (Phi) is 9.31. The average Bonchev–Trinajstić information content (AvgIpc) is 3.36. The maximum Gasteiger partial charge on any atom is 0.306 e. The van der Waals surface area contributed by atoms with E-state index >= 15 is 0 Å². The molecule has 0 aromatic rings. The maximum atomic E-state index is 12.6. The van der Waals surface area contributed by atoms with Gasteiger partial charge in [-0.3, -0.25) is 19.2 Å². The molecule has 8 heteroatoms. The quantitative estimate of drug-likeness (QED) is 0.182. The molecule has 0 spiro atoms. The number of carboxylic acid groups (broad SMARTS) is 2. The van der Waals surface area contributed by atoms with Crippen molar-refractivity contribution in [1.82, 2.24) is 0 Å². The predicted molar refractivity (Wildman–Crippen MR) is 174 cm³/mol. The molecule has 0 bridgehead atoms. The van der Waals surface area contributed by atoms with Gasteiger partial charge in [0.1, 0.15) is 6.10 Å². The zero-order valence-corrected chi connectivity index (χ0v) is 29.1. The summed E-state index contributed by atoms with van der Waals surface area (Å²) in [6.45, 7) is 19.2. The highest BCUT2D eigenvalue weighted by Gasteiger charge is 2.71. The first kappa shape index (κ1) is 34.9. The molecule has 0 amide bonds. The maximum absolute atomic E-state index is 12.6. The third-order valence-electron chi connectivity index (χ3n) is 15.1. The van der Waals surface area contributed by atoms with Crippen LogP contribution in [-0.4, -0.2) is 46.8 Å². The fraction of sp³-hybridized carbons (Fsp3) is 0.842. The van der Waals surface area contributed by atoms with Crippen LogP contribution >= 0.6 is 0 Å². The highest BCUT2D eigenvalue weighted by Crippen LogP contribution is 2.77. The number of esters is 2. The molecular formula is C38H58O8. The summed E-state index contributed by atoms with van der Waals surface area (Å²) in [5.41, 5.74) is 1.35. The van der Waals surface area contributed by atoms with Crippen molar-refractivity contribution in [1.29, 1.82) is 0 Å². The highest BCUT2D eigenvalue weighted by molar-refractivity contribution is 5.77. The minimum absolute atomic E-state index is 0.0818. The van der Waals surface area contributed by atoms with E-state index in [1.165, 1.54) is 5.57 Å². The van der Waals surface area contributed by atoms with E-state index in [1.807, 2.05) is 0 Å². The van der Waals surface area contributed by atoms with Gasteiger partial charge in [-0.2, -0.15) is 0 Å². The number of carbonyl (C=O) groups excluding carboxylic acids is 2. The Morgan fingerprint density at radius 2 is 1.37 bits per heavy atom. The van der Waals surface area contributed by atoms with Gasteiger partial charge < -0.3 is 19.7 Å². The van der Waals surface area contributed by atoms with Crippen LogP contribution in [0, 0.1) is 56.7 Å². The number of rotatable bonds is 10. The third-order valence-corrected chi connectivity index (χ3v) is 15.1. The second-order valence-corrected chi connectivity index (χ2v) is 17.3. The molecule has 10 atom stereocenters. The van der Waals surface area contributed by atoms with Crippen molar-refractivity contribution in [3.63, 3.8) is 0 Å². The molecule has 0 saturated heterocycles.